The van der Waals surface area contributed by atoms with Gasteiger partial charge in [0.1, 0.15) is 0 Å². The van der Waals surface area contributed by atoms with E-state index < -0.39 is 5.60 Å². The van der Waals surface area contributed by atoms with Crippen LogP contribution in [-0.2, 0) is 9.53 Å². The van der Waals surface area contributed by atoms with Crippen LogP contribution in [0.1, 0.15) is 32.6 Å². The lowest BCUT2D eigenvalue weighted by Gasteiger charge is -2.21. The lowest BCUT2D eigenvalue weighted by molar-refractivity contribution is -0.136. The molecule has 0 aromatic heterocycles. The number of hydrogen-bond donors (Lipinski definition) is 1. The molecule has 0 amide bonds. The molecule has 0 bridgehead atoms. The summed E-state index contributed by atoms with van der Waals surface area (Å²) in [4.78, 5) is 11.2. The Bertz CT molecular complexity index is 228. The Labute approximate surface area is 78.4 Å². The van der Waals surface area contributed by atoms with E-state index in [1.165, 1.54) is 7.11 Å². The molecule has 1 rings (SSSR count). The van der Waals surface area contributed by atoms with Crippen LogP contribution in [0.25, 0.3) is 0 Å². The van der Waals surface area contributed by atoms with Gasteiger partial charge in [-0.25, -0.2) is 4.79 Å². The van der Waals surface area contributed by atoms with Gasteiger partial charge in [-0.05, 0) is 26.2 Å². The van der Waals surface area contributed by atoms with E-state index in [0.29, 0.717) is 12.0 Å². The highest BCUT2D eigenvalue weighted by Crippen LogP contribution is 2.27. The van der Waals surface area contributed by atoms with E-state index in [-0.39, 0.29) is 5.97 Å². The predicted molar refractivity (Wildman–Crippen MR) is 49.2 cm³/mol. The van der Waals surface area contributed by atoms with Crippen LogP contribution in [0.3, 0.4) is 0 Å². The maximum Gasteiger partial charge on any atom is 0.333 e. The third kappa shape index (κ3) is 2.84. The third-order valence-corrected chi connectivity index (χ3v) is 2.33. The molecule has 0 aromatic rings. The number of methoxy groups -OCH3 is 1. The first kappa shape index (κ1) is 10.3. The topological polar surface area (TPSA) is 46.5 Å². The van der Waals surface area contributed by atoms with Crippen LogP contribution in [0.15, 0.2) is 11.6 Å². The molecule has 1 aliphatic rings. The van der Waals surface area contributed by atoms with Crippen LogP contribution in [0.4, 0.5) is 0 Å². The highest BCUT2D eigenvalue weighted by molar-refractivity contribution is 5.88. The van der Waals surface area contributed by atoms with Crippen molar-refractivity contribution in [2.75, 3.05) is 7.11 Å². The molecule has 13 heavy (non-hydrogen) atoms. The van der Waals surface area contributed by atoms with Crippen LogP contribution in [-0.4, -0.2) is 23.8 Å². The molecule has 0 spiro atoms. The van der Waals surface area contributed by atoms with Crippen LogP contribution >= 0.6 is 0 Å². The average molecular weight is 184 g/mol. The summed E-state index contributed by atoms with van der Waals surface area (Å²) in [5.41, 5.74) is -0.152. The molecule has 1 unspecified atom stereocenters. The zero-order chi connectivity index (χ0) is 9.90. The summed E-state index contributed by atoms with van der Waals surface area (Å²) in [6, 6.07) is 0. The monoisotopic (exact) mass is 184 g/mol. The fourth-order valence-electron chi connectivity index (χ4n) is 1.62. The number of carbonyl (C=O) groups is 1. The van der Waals surface area contributed by atoms with Gasteiger partial charge in [0.15, 0.2) is 0 Å². The zero-order valence-electron chi connectivity index (χ0n) is 8.17. The molecule has 3 nitrogen and oxygen atoms in total. The van der Waals surface area contributed by atoms with E-state index in [0.717, 1.165) is 19.3 Å². The van der Waals surface area contributed by atoms with Gasteiger partial charge in [0.05, 0.1) is 12.7 Å². The number of carbonyl (C=O) groups excluding carboxylic acids is 1. The van der Waals surface area contributed by atoms with E-state index in [9.17, 15) is 9.90 Å². The van der Waals surface area contributed by atoms with E-state index in [4.69, 9.17) is 0 Å². The van der Waals surface area contributed by atoms with Gasteiger partial charge in [0.2, 0.25) is 0 Å². The zero-order valence-corrected chi connectivity index (χ0v) is 8.17. The summed E-state index contributed by atoms with van der Waals surface area (Å²) >= 11 is 0. The van der Waals surface area contributed by atoms with Crippen molar-refractivity contribution >= 4 is 5.97 Å². The van der Waals surface area contributed by atoms with E-state index in [2.05, 4.69) is 4.74 Å². The highest BCUT2D eigenvalue weighted by atomic mass is 16.5. The number of rotatable bonds is 1. The average Bonchev–Trinajstić information content (AvgIpc) is 2.25. The van der Waals surface area contributed by atoms with Crippen molar-refractivity contribution in [2.24, 2.45) is 0 Å². The van der Waals surface area contributed by atoms with Gasteiger partial charge in [-0.2, -0.15) is 0 Å². The largest absolute Gasteiger partial charge is 0.466 e. The Morgan fingerprint density at radius 2 is 2.38 bits per heavy atom. The third-order valence-electron chi connectivity index (χ3n) is 2.33. The molecule has 0 fully saturated rings. The molecule has 0 saturated heterocycles. The van der Waals surface area contributed by atoms with E-state index in [1.807, 2.05) is 6.08 Å². The first-order valence-corrected chi connectivity index (χ1v) is 4.55. The maximum atomic E-state index is 11.2. The van der Waals surface area contributed by atoms with Crippen LogP contribution in [0.5, 0.6) is 0 Å². The van der Waals surface area contributed by atoms with Crippen molar-refractivity contribution < 1.29 is 14.6 Å². The minimum Gasteiger partial charge on any atom is -0.466 e. The highest BCUT2D eigenvalue weighted by Gasteiger charge is 2.26. The molecular weight excluding hydrogens is 168 g/mol. The number of allylic oxidation sites excluding steroid dienone is 1. The standard InChI is InChI=1S/C10H16O3/c1-10(12)6-4-3-5-8(7-10)9(11)13-2/h5,12H,3-4,6-7H2,1-2H3. The van der Waals surface area contributed by atoms with Crippen molar-refractivity contribution in [3.63, 3.8) is 0 Å². The number of esters is 1. The van der Waals surface area contributed by atoms with Crippen molar-refractivity contribution in [1.82, 2.24) is 0 Å². The maximum absolute atomic E-state index is 11.2. The number of aliphatic hydroxyl groups is 1. The van der Waals surface area contributed by atoms with Gasteiger partial charge in [-0.1, -0.05) is 6.08 Å². The number of hydrogen-bond acceptors (Lipinski definition) is 3. The Balaban J connectivity index is 2.73. The Hall–Kier alpha value is -0.830. The molecule has 1 atom stereocenters. The van der Waals surface area contributed by atoms with Gasteiger partial charge < -0.3 is 9.84 Å². The summed E-state index contributed by atoms with van der Waals surface area (Å²) in [6.45, 7) is 1.76. The fourth-order valence-corrected chi connectivity index (χ4v) is 1.62. The Kier molecular flexibility index (Phi) is 3.09. The van der Waals surface area contributed by atoms with Crippen molar-refractivity contribution in [3.8, 4) is 0 Å². The summed E-state index contributed by atoms with van der Waals surface area (Å²) in [5, 5.41) is 9.82. The van der Waals surface area contributed by atoms with E-state index in [1.54, 1.807) is 6.92 Å². The van der Waals surface area contributed by atoms with Crippen LogP contribution in [0, 0.1) is 0 Å². The SMILES string of the molecule is COC(=O)C1=CCCCC(C)(O)C1. The second-order valence-electron chi connectivity index (χ2n) is 3.79. The minimum atomic E-state index is -0.753. The molecule has 0 saturated carbocycles. The van der Waals surface area contributed by atoms with Crippen LogP contribution < -0.4 is 0 Å². The van der Waals surface area contributed by atoms with Gasteiger partial charge in [0.25, 0.3) is 0 Å². The first-order chi connectivity index (χ1) is 6.05. The molecule has 1 aliphatic carbocycles. The smallest absolute Gasteiger partial charge is 0.333 e. The van der Waals surface area contributed by atoms with E-state index >= 15 is 0 Å². The molecule has 1 N–H and O–H groups in total. The minimum absolute atomic E-state index is 0.317. The first-order valence-electron chi connectivity index (χ1n) is 4.55. The summed E-state index contributed by atoms with van der Waals surface area (Å²) in [5.74, 6) is -0.317. The van der Waals surface area contributed by atoms with Crippen molar-refractivity contribution in [2.45, 2.75) is 38.2 Å². The van der Waals surface area contributed by atoms with Gasteiger partial charge in [0, 0.05) is 12.0 Å². The second kappa shape index (κ2) is 3.92. The lowest BCUT2D eigenvalue weighted by Crippen LogP contribution is -2.25. The summed E-state index contributed by atoms with van der Waals surface area (Å²) in [6.07, 6.45) is 4.78. The quantitative estimate of drug-likeness (QED) is 0.627. The van der Waals surface area contributed by atoms with Gasteiger partial charge in [-0.3, -0.25) is 0 Å². The molecule has 74 valence electrons. The van der Waals surface area contributed by atoms with Gasteiger partial charge >= 0.3 is 5.97 Å². The lowest BCUT2D eigenvalue weighted by atomic mass is 9.94. The molecular formula is C10H16O3. The summed E-state index contributed by atoms with van der Waals surface area (Å²) in [7, 11) is 1.36. The number of ether oxygens (including phenoxy) is 1. The molecule has 0 heterocycles. The second-order valence-corrected chi connectivity index (χ2v) is 3.79. The van der Waals surface area contributed by atoms with Crippen LogP contribution in [0.2, 0.25) is 0 Å². The Morgan fingerprint density at radius 3 is 3.00 bits per heavy atom. The molecule has 0 radical (unpaired) electrons. The Morgan fingerprint density at radius 1 is 1.69 bits per heavy atom. The van der Waals surface area contributed by atoms with Gasteiger partial charge in [-0.15, -0.1) is 0 Å². The fraction of sp³-hybridized carbons (Fsp3) is 0.700. The normalized spacial score (nSPS) is 29.0. The molecule has 0 aromatic carbocycles. The van der Waals surface area contributed by atoms with Crippen molar-refractivity contribution in [3.05, 3.63) is 11.6 Å². The predicted octanol–water partition coefficient (Wildman–Crippen LogP) is 1.41. The molecule has 0 aliphatic heterocycles. The van der Waals surface area contributed by atoms with Crippen molar-refractivity contribution in [1.29, 1.82) is 0 Å². The summed E-state index contributed by atoms with van der Waals surface area (Å²) < 4.78 is 4.62. The molecule has 3 heteroatoms.